The first kappa shape index (κ1) is 9.67. The molecular weight excluding hydrogens is 196 g/mol. The van der Waals surface area contributed by atoms with Gasteiger partial charge < -0.3 is 4.52 Å². The molecule has 0 spiro atoms. The van der Waals surface area contributed by atoms with Gasteiger partial charge in [0.2, 0.25) is 5.76 Å². The zero-order valence-corrected chi connectivity index (χ0v) is 8.43. The second kappa shape index (κ2) is 3.70. The Labute approximate surface area is 86.2 Å². The smallest absolute Gasteiger partial charge is 0.316 e. The molecule has 0 bridgehead atoms. The van der Waals surface area contributed by atoms with E-state index in [1.54, 1.807) is 12.1 Å². The summed E-state index contributed by atoms with van der Waals surface area (Å²) in [5.41, 5.74) is 0.658. The average molecular weight is 206 g/mol. The molecular formula is C10H10N2O3. The molecule has 5 heteroatoms. The van der Waals surface area contributed by atoms with E-state index in [1.165, 1.54) is 14.2 Å². The van der Waals surface area contributed by atoms with Gasteiger partial charge in [-0.25, -0.2) is 5.06 Å². The number of benzene rings is 1. The lowest BCUT2D eigenvalue weighted by Crippen LogP contribution is -2.25. The van der Waals surface area contributed by atoms with Crippen LogP contribution >= 0.6 is 0 Å². The largest absolute Gasteiger partial charge is 0.350 e. The highest BCUT2D eigenvalue weighted by molar-refractivity contribution is 6.02. The van der Waals surface area contributed by atoms with Gasteiger partial charge in [-0.05, 0) is 12.1 Å². The second-order valence-corrected chi connectivity index (χ2v) is 3.01. The molecule has 1 aromatic heterocycles. The Morgan fingerprint density at radius 1 is 1.47 bits per heavy atom. The number of amides is 1. The Morgan fingerprint density at radius 3 is 2.93 bits per heavy atom. The van der Waals surface area contributed by atoms with E-state index < -0.39 is 0 Å². The van der Waals surface area contributed by atoms with Crippen LogP contribution in [-0.4, -0.2) is 30.3 Å². The van der Waals surface area contributed by atoms with Crippen LogP contribution in [-0.2, 0) is 4.84 Å². The lowest BCUT2D eigenvalue weighted by molar-refractivity contribution is -0.0775. The fourth-order valence-corrected chi connectivity index (χ4v) is 1.27. The van der Waals surface area contributed by atoms with E-state index in [1.807, 2.05) is 12.1 Å². The van der Waals surface area contributed by atoms with Crippen LogP contribution < -0.4 is 0 Å². The van der Waals surface area contributed by atoms with Gasteiger partial charge in [-0.15, -0.1) is 0 Å². The monoisotopic (exact) mass is 206 g/mol. The van der Waals surface area contributed by atoms with Gasteiger partial charge in [0.05, 0.1) is 12.5 Å². The summed E-state index contributed by atoms with van der Waals surface area (Å²) in [6.45, 7) is 0. The van der Waals surface area contributed by atoms with Gasteiger partial charge >= 0.3 is 5.91 Å². The van der Waals surface area contributed by atoms with Crippen molar-refractivity contribution in [3.8, 4) is 0 Å². The number of carbonyl (C=O) groups is 1. The van der Waals surface area contributed by atoms with Crippen molar-refractivity contribution in [2.45, 2.75) is 0 Å². The zero-order valence-electron chi connectivity index (χ0n) is 8.43. The Bertz CT molecular complexity index is 492. The number of hydrogen-bond donors (Lipinski definition) is 0. The first-order valence-corrected chi connectivity index (χ1v) is 4.40. The summed E-state index contributed by atoms with van der Waals surface area (Å²) in [6.07, 6.45) is 0. The minimum atomic E-state index is -0.355. The molecule has 2 rings (SSSR count). The fraction of sp³-hybridized carbons (Fsp3) is 0.200. The van der Waals surface area contributed by atoms with Crippen molar-refractivity contribution in [2.75, 3.05) is 14.2 Å². The van der Waals surface area contributed by atoms with Gasteiger partial charge in [0, 0.05) is 7.05 Å². The topological polar surface area (TPSA) is 55.6 Å². The maximum Gasteiger partial charge on any atom is 0.316 e. The summed E-state index contributed by atoms with van der Waals surface area (Å²) < 4.78 is 4.98. The van der Waals surface area contributed by atoms with Crippen molar-refractivity contribution in [2.24, 2.45) is 0 Å². The summed E-state index contributed by atoms with van der Waals surface area (Å²) in [5.74, 6) is -0.166. The summed E-state index contributed by atoms with van der Waals surface area (Å²) in [5, 5.41) is 5.56. The minimum Gasteiger partial charge on any atom is -0.350 e. The van der Waals surface area contributed by atoms with E-state index in [9.17, 15) is 4.79 Å². The average Bonchev–Trinajstić information content (AvgIpc) is 2.70. The predicted molar refractivity (Wildman–Crippen MR) is 53.1 cm³/mol. The van der Waals surface area contributed by atoms with Crippen LogP contribution in [0.25, 0.3) is 10.9 Å². The quantitative estimate of drug-likeness (QED) is 0.698. The normalized spacial score (nSPS) is 10.5. The van der Waals surface area contributed by atoms with Crippen molar-refractivity contribution in [3.05, 3.63) is 30.0 Å². The molecule has 78 valence electrons. The third-order valence-electron chi connectivity index (χ3n) is 2.14. The molecule has 0 atom stereocenters. The molecule has 5 nitrogen and oxygen atoms in total. The van der Waals surface area contributed by atoms with Crippen molar-refractivity contribution in [1.82, 2.24) is 10.2 Å². The van der Waals surface area contributed by atoms with Crippen molar-refractivity contribution >= 4 is 16.8 Å². The number of carbonyl (C=O) groups excluding carboxylic acids is 1. The highest BCUT2D eigenvalue weighted by Crippen LogP contribution is 2.18. The van der Waals surface area contributed by atoms with Crippen LogP contribution in [0.1, 0.15) is 10.6 Å². The number of fused-ring (bicyclic) bond motifs is 1. The summed E-state index contributed by atoms with van der Waals surface area (Å²) in [6, 6.07) is 7.22. The first-order valence-electron chi connectivity index (χ1n) is 4.40. The molecule has 0 saturated heterocycles. The molecule has 1 amide bonds. The molecule has 0 radical (unpaired) electrons. The first-order chi connectivity index (χ1) is 7.24. The van der Waals surface area contributed by atoms with E-state index >= 15 is 0 Å². The molecule has 2 aromatic rings. The molecule has 0 aliphatic heterocycles. The van der Waals surface area contributed by atoms with Crippen LogP contribution in [0.4, 0.5) is 0 Å². The van der Waals surface area contributed by atoms with E-state index in [4.69, 9.17) is 9.36 Å². The van der Waals surface area contributed by atoms with Crippen molar-refractivity contribution in [1.29, 1.82) is 0 Å². The number of hydrogen-bond acceptors (Lipinski definition) is 4. The van der Waals surface area contributed by atoms with Crippen LogP contribution in [0.15, 0.2) is 28.8 Å². The third-order valence-corrected chi connectivity index (χ3v) is 2.14. The molecule has 0 unspecified atom stereocenters. The van der Waals surface area contributed by atoms with Crippen LogP contribution in [0.2, 0.25) is 0 Å². The summed E-state index contributed by atoms with van der Waals surface area (Å²) in [4.78, 5) is 16.5. The van der Waals surface area contributed by atoms with Crippen LogP contribution in [0, 0.1) is 0 Å². The molecule has 15 heavy (non-hydrogen) atoms. The second-order valence-electron chi connectivity index (χ2n) is 3.01. The molecule has 0 fully saturated rings. The van der Waals surface area contributed by atoms with Crippen molar-refractivity contribution < 1.29 is 14.2 Å². The van der Waals surface area contributed by atoms with Gasteiger partial charge in [0.1, 0.15) is 5.52 Å². The van der Waals surface area contributed by atoms with E-state index in [2.05, 4.69) is 5.16 Å². The van der Waals surface area contributed by atoms with Gasteiger partial charge in [0.15, 0.2) is 0 Å². The van der Waals surface area contributed by atoms with Gasteiger partial charge in [-0.3, -0.25) is 9.63 Å². The van der Waals surface area contributed by atoms with E-state index in [-0.39, 0.29) is 11.7 Å². The SMILES string of the molecule is CON(C)C(=O)c1onc2ccccc12. The van der Waals surface area contributed by atoms with Crippen LogP contribution in [0.5, 0.6) is 0 Å². The molecule has 1 aromatic carbocycles. The molecule has 0 aliphatic rings. The van der Waals surface area contributed by atoms with Crippen molar-refractivity contribution in [3.63, 3.8) is 0 Å². The highest BCUT2D eigenvalue weighted by Gasteiger charge is 2.19. The number of nitrogens with zero attached hydrogens (tertiary/aromatic N) is 2. The van der Waals surface area contributed by atoms with Crippen LogP contribution in [0.3, 0.4) is 0 Å². The molecule has 0 saturated carbocycles. The maximum atomic E-state index is 11.7. The molecule has 0 N–H and O–H groups in total. The number of aromatic nitrogens is 1. The summed E-state index contributed by atoms with van der Waals surface area (Å²) in [7, 11) is 2.93. The lowest BCUT2D eigenvalue weighted by atomic mass is 10.2. The predicted octanol–water partition coefficient (Wildman–Crippen LogP) is 1.46. The Hall–Kier alpha value is -1.88. The molecule has 0 aliphatic carbocycles. The fourth-order valence-electron chi connectivity index (χ4n) is 1.27. The van der Waals surface area contributed by atoms with E-state index in [0.29, 0.717) is 10.9 Å². The highest BCUT2D eigenvalue weighted by atomic mass is 16.7. The third kappa shape index (κ3) is 1.57. The Morgan fingerprint density at radius 2 is 2.20 bits per heavy atom. The summed E-state index contributed by atoms with van der Waals surface area (Å²) >= 11 is 0. The Kier molecular flexibility index (Phi) is 2.39. The maximum absolute atomic E-state index is 11.7. The number of rotatable bonds is 2. The minimum absolute atomic E-state index is 0.190. The standard InChI is InChI=1S/C10H10N2O3/c1-12(14-2)10(13)9-7-5-3-4-6-8(7)11-15-9/h3-6H,1-2H3. The van der Waals surface area contributed by atoms with Gasteiger partial charge in [0.25, 0.3) is 0 Å². The number of hydroxylamine groups is 2. The Balaban J connectivity index is 2.48. The van der Waals surface area contributed by atoms with Gasteiger partial charge in [-0.1, -0.05) is 17.3 Å². The zero-order chi connectivity index (χ0) is 10.8. The van der Waals surface area contributed by atoms with Gasteiger partial charge in [-0.2, -0.15) is 0 Å². The molecule has 1 heterocycles. The lowest BCUT2D eigenvalue weighted by Gasteiger charge is -2.10. The van der Waals surface area contributed by atoms with E-state index in [0.717, 1.165) is 5.06 Å².